The number of rotatable bonds is 3. The van der Waals surface area contributed by atoms with Gasteiger partial charge >= 0.3 is 0 Å². The van der Waals surface area contributed by atoms with Crippen LogP contribution in [-0.2, 0) is 0 Å². The zero-order valence-corrected chi connectivity index (χ0v) is 9.49. The molecule has 3 N–H and O–H groups in total. The smallest absolute Gasteiger partial charge is 0.142 e. The Labute approximate surface area is 90.8 Å². The van der Waals surface area contributed by atoms with Crippen LogP contribution in [0.25, 0.3) is 0 Å². The maximum atomic E-state index is 5.40. The van der Waals surface area contributed by atoms with Gasteiger partial charge in [-0.15, -0.1) is 0 Å². The van der Waals surface area contributed by atoms with Crippen LogP contribution in [0.15, 0.2) is 29.3 Å². The fourth-order valence-electron chi connectivity index (χ4n) is 1.30. The summed E-state index contributed by atoms with van der Waals surface area (Å²) in [6.07, 6.45) is 0. The van der Waals surface area contributed by atoms with Gasteiger partial charge in [-0.2, -0.15) is 0 Å². The highest BCUT2D eigenvalue weighted by atomic mass is 15.2. The van der Waals surface area contributed by atoms with Crippen LogP contribution in [0.3, 0.4) is 0 Å². The average molecular weight is 206 g/mol. The summed E-state index contributed by atoms with van der Waals surface area (Å²) in [5.74, 6) is 6.12. The molecule has 0 unspecified atom stereocenters. The Morgan fingerprint density at radius 1 is 1.33 bits per heavy atom. The standard InChI is InChI=1S/C11H18N4/c1-4-13-11(14-12)9-5-7-10(8-6-9)15(2)3/h5-8H,4,12H2,1-3H3,(H,13,14). The molecule has 15 heavy (non-hydrogen) atoms. The molecule has 0 radical (unpaired) electrons. The molecule has 0 amide bonds. The van der Waals surface area contributed by atoms with Crippen molar-refractivity contribution < 1.29 is 0 Å². The quantitative estimate of drug-likeness (QED) is 0.335. The maximum absolute atomic E-state index is 5.40. The fourth-order valence-corrected chi connectivity index (χ4v) is 1.30. The van der Waals surface area contributed by atoms with E-state index < -0.39 is 0 Å². The molecule has 1 aromatic rings. The largest absolute Gasteiger partial charge is 0.378 e. The summed E-state index contributed by atoms with van der Waals surface area (Å²) >= 11 is 0. The third kappa shape index (κ3) is 2.95. The molecular weight excluding hydrogens is 188 g/mol. The van der Waals surface area contributed by atoms with Crippen molar-refractivity contribution in [3.05, 3.63) is 29.8 Å². The van der Waals surface area contributed by atoms with Gasteiger partial charge in [0, 0.05) is 31.9 Å². The van der Waals surface area contributed by atoms with E-state index in [1.54, 1.807) is 0 Å². The SMILES string of the molecule is CCN=C(NN)c1ccc(N(C)C)cc1. The Balaban J connectivity index is 2.92. The summed E-state index contributed by atoms with van der Waals surface area (Å²) in [6, 6.07) is 8.09. The first-order chi connectivity index (χ1) is 7.19. The fraction of sp³-hybridized carbons (Fsp3) is 0.364. The van der Waals surface area contributed by atoms with Gasteiger partial charge in [0.25, 0.3) is 0 Å². The topological polar surface area (TPSA) is 53.6 Å². The summed E-state index contributed by atoms with van der Waals surface area (Å²) < 4.78 is 0. The van der Waals surface area contributed by atoms with E-state index >= 15 is 0 Å². The summed E-state index contributed by atoms with van der Waals surface area (Å²) in [5.41, 5.74) is 4.77. The predicted octanol–water partition coefficient (Wildman–Crippen LogP) is 0.982. The normalized spacial score (nSPS) is 11.3. The molecule has 4 heteroatoms. The van der Waals surface area contributed by atoms with Crippen LogP contribution >= 0.6 is 0 Å². The molecule has 0 aliphatic rings. The maximum Gasteiger partial charge on any atom is 0.142 e. The predicted molar refractivity (Wildman–Crippen MR) is 65.2 cm³/mol. The summed E-state index contributed by atoms with van der Waals surface area (Å²) in [7, 11) is 4.02. The number of hydrogen-bond acceptors (Lipinski definition) is 3. The molecule has 0 fully saturated rings. The Morgan fingerprint density at radius 2 is 1.93 bits per heavy atom. The van der Waals surface area contributed by atoms with E-state index in [1.165, 1.54) is 0 Å². The molecule has 0 spiro atoms. The van der Waals surface area contributed by atoms with E-state index in [4.69, 9.17) is 5.84 Å². The third-order valence-electron chi connectivity index (χ3n) is 2.11. The number of nitrogens with two attached hydrogens (primary N) is 1. The minimum Gasteiger partial charge on any atom is -0.378 e. The van der Waals surface area contributed by atoms with Crippen molar-refractivity contribution in [2.75, 3.05) is 25.5 Å². The zero-order valence-electron chi connectivity index (χ0n) is 9.49. The van der Waals surface area contributed by atoms with Crippen LogP contribution in [-0.4, -0.2) is 26.5 Å². The number of nitrogens with zero attached hydrogens (tertiary/aromatic N) is 2. The van der Waals surface area contributed by atoms with Crippen molar-refractivity contribution in [2.45, 2.75) is 6.92 Å². The molecule has 0 aliphatic heterocycles. The molecule has 0 heterocycles. The number of benzene rings is 1. The Bertz CT molecular complexity index is 327. The second-order valence-corrected chi connectivity index (χ2v) is 3.41. The number of nitrogens with one attached hydrogen (secondary N) is 1. The lowest BCUT2D eigenvalue weighted by Gasteiger charge is -2.13. The number of hydrogen-bond donors (Lipinski definition) is 2. The minimum absolute atomic E-state index is 0.717. The van der Waals surface area contributed by atoms with E-state index in [-0.39, 0.29) is 0 Å². The van der Waals surface area contributed by atoms with Gasteiger partial charge in [0.05, 0.1) is 0 Å². The lowest BCUT2D eigenvalue weighted by atomic mass is 10.2. The molecule has 0 saturated carbocycles. The highest BCUT2D eigenvalue weighted by Gasteiger charge is 2.01. The van der Waals surface area contributed by atoms with Crippen LogP contribution in [0.2, 0.25) is 0 Å². The van der Waals surface area contributed by atoms with Crippen molar-refractivity contribution in [3.8, 4) is 0 Å². The van der Waals surface area contributed by atoms with E-state index in [2.05, 4.69) is 15.3 Å². The van der Waals surface area contributed by atoms with Crippen molar-refractivity contribution in [2.24, 2.45) is 10.8 Å². The molecule has 82 valence electrons. The van der Waals surface area contributed by atoms with Crippen LogP contribution in [0, 0.1) is 0 Å². The first-order valence-electron chi connectivity index (χ1n) is 4.98. The number of amidine groups is 1. The Morgan fingerprint density at radius 3 is 2.33 bits per heavy atom. The van der Waals surface area contributed by atoms with E-state index in [9.17, 15) is 0 Å². The van der Waals surface area contributed by atoms with Crippen LogP contribution < -0.4 is 16.2 Å². The summed E-state index contributed by atoms with van der Waals surface area (Å²) in [6.45, 7) is 2.69. The van der Waals surface area contributed by atoms with E-state index in [1.807, 2.05) is 45.3 Å². The van der Waals surface area contributed by atoms with E-state index in [0.717, 1.165) is 23.6 Å². The number of aliphatic imine (C=N–C) groups is 1. The molecule has 0 aliphatic carbocycles. The van der Waals surface area contributed by atoms with Crippen molar-refractivity contribution in [1.29, 1.82) is 0 Å². The number of hydrazine groups is 1. The minimum atomic E-state index is 0.717. The second-order valence-electron chi connectivity index (χ2n) is 3.41. The first-order valence-corrected chi connectivity index (χ1v) is 4.98. The summed E-state index contributed by atoms with van der Waals surface area (Å²) in [5, 5.41) is 0. The Hall–Kier alpha value is -1.55. The van der Waals surface area contributed by atoms with Gasteiger partial charge in [0.2, 0.25) is 0 Å². The highest BCUT2D eigenvalue weighted by molar-refractivity contribution is 5.98. The lowest BCUT2D eigenvalue weighted by Crippen LogP contribution is -2.31. The van der Waals surface area contributed by atoms with Crippen molar-refractivity contribution in [3.63, 3.8) is 0 Å². The molecule has 0 saturated heterocycles. The first kappa shape index (κ1) is 11.5. The van der Waals surface area contributed by atoms with Gasteiger partial charge in [-0.25, -0.2) is 5.84 Å². The monoisotopic (exact) mass is 206 g/mol. The molecule has 4 nitrogen and oxygen atoms in total. The second kappa shape index (κ2) is 5.36. The third-order valence-corrected chi connectivity index (χ3v) is 2.11. The van der Waals surface area contributed by atoms with Gasteiger partial charge in [-0.3, -0.25) is 4.99 Å². The zero-order chi connectivity index (χ0) is 11.3. The van der Waals surface area contributed by atoms with Crippen LogP contribution in [0.5, 0.6) is 0 Å². The highest BCUT2D eigenvalue weighted by Crippen LogP contribution is 2.12. The molecule has 0 aromatic heterocycles. The van der Waals surface area contributed by atoms with Gasteiger partial charge < -0.3 is 10.3 Å². The molecule has 1 aromatic carbocycles. The van der Waals surface area contributed by atoms with Gasteiger partial charge in [-0.05, 0) is 31.2 Å². The Kier molecular flexibility index (Phi) is 4.12. The average Bonchev–Trinajstić information content (AvgIpc) is 2.26. The van der Waals surface area contributed by atoms with Gasteiger partial charge in [0.15, 0.2) is 0 Å². The molecular formula is C11H18N4. The van der Waals surface area contributed by atoms with Crippen molar-refractivity contribution >= 4 is 11.5 Å². The molecule has 0 atom stereocenters. The van der Waals surface area contributed by atoms with Gasteiger partial charge in [0.1, 0.15) is 5.84 Å². The van der Waals surface area contributed by atoms with Crippen LogP contribution in [0.4, 0.5) is 5.69 Å². The van der Waals surface area contributed by atoms with Gasteiger partial charge in [-0.1, -0.05) is 0 Å². The molecule has 0 bridgehead atoms. The van der Waals surface area contributed by atoms with Crippen LogP contribution in [0.1, 0.15) is 12.5 Å². The van der Waals surface area contributed by atoms with Crippen molar-refractivity contribution in [1.82, 2.24) is 5.43 Å². The molecule has 1 rings (SSSR count). The summed E-state index contributed by atoms with van der Waals surface area (Å²) in [4.78, 5) is 6.31. The number of anilines is 1. The lowest BCUT2D eigenvalue weighted by molar-refractivity contribution is 0.991. The van der Waals surface area contributed by atoms with E-state index in [0.29, 0.717) is 0 Å².